The Morgan fingerprint density at radius 3 is 2.13 bits per heavy atom. The highest BCUT2D eigenvalue weighted by atomic mass is 16.6. The highest BCUT2D eigenvalue weighted by Crippen LogP contribution is 2.19. The maximum atomic E-state index is 12.3. The van der Waals surface area contributed by atoms with Crippen LogP contribution in [-0.2, 0) is 9.53 Å². The molecule has 0 spiro atoms. The van der Waals surface area contributed by atoms with Crippen LogP contribution in [0.5, 0.6) is 5.75 Å². The normalized spacial score (nSPS) is 11.7. The van der Waals surface area contributed by atoms with Gasteiger partial charge in [-0.2, -0.15) is 0 Å². The number of carboxylic acid groups (broad SMARTS) is 1. The lowest BCUT2D eigenvalue weighted by Gasteiger charge is -2.36. The van der Waals surface area contributed by atoms with Crippen molar-refractivity contribution in [2.45, 2.75) is 45.8 Å². The number of carboxylic acids is 1. The number of carbonyl (C=O) groups excluding carboxylic acids is 1. The van der Waals surface area contributed by atoms with Crippen molar-refractivity contribution in [3.05, 3.63) is 30.3 Å². The number of rotatable bonds is 6. The van der Waals surface area contributed by atoms with Gasteiger partial charge in [-0.25, -0.2) is 9.59 Å². The van der Waals surface area contributed by atoms with E-state index >= 15 is 0 Å². The lowest BCUT2D eigenvalue weighted by molar-refractivity contribution is -0.149. The van der Waals surface area contributed by atoms with E-state index in [1.807, 2.05) is 18.2 Å². The van der Waals surface area contributed by atoms with E-state index in [1.54, 1.807) is 32.9 Å². The minimum absolute atomic E-state index is 0.100. The van der Waals surface area contributed by atoms with Gasteiger partial charge in [0.15, 0.2) is 0 Å². The van der Waals surface area contributed by atoms with Crippen LogP contribution in [0.3, 0.4) is 0 Å². The van der Waals surface area contributed by atoms with Gasteiger partial charge in [-0.3, -0.25) is 4.90 Å². The van der Waals surface area contributed by atoms with Gasteiger partial charge in [-0.1, -0.05) is 18.2 Å². The zero-order valence-corrected chi connectivity index (χ0v) is 14.3. The van der Waals surface area contributed by atoms with Crippen LogP contribution >= 0.6 is 0 Å². The number of nitrogens with zero attached hydrogens (tertiary/aromatic N) is 1. The van der Waals surface area contributed by atoms with Gasteiger partial charge in [0.2, 0.25) is 0 Å². The van der Waals surface area contributed by atoms with Crippen molar-refractivity contribution in [3.63, 3.8) is 0 Å². The summed E-state index contributed by atoms with van der Waals surface area (Å²) in [5, 5.41) is 9.38. The van der Waals surface area contributed by atoms with Crippen LogP contribution in [0.2, 0.25) is 0 Å². The average molecular weight is 323 g/mol. The second-order valence-electron chi connectivity index (χ2n) is 6.66. The maximum absolute atomic E-state index is 12.3. The monoisotopic (exact) mass is 323 g/mol. The molecule has 1 amide bonds. The third-order valence-electron chi connectivity index (χ3n) is 3.14. The van der Waals surface area contributed by atoms with Gasteiger partial charge in [0, 0.05) is 0 Å². The Morgan fingerprint density at radius 1 is 1.09 bits per heavy atom. The van der Waals surface area contributed by atoms with Gasteiger partial charge >= 0.3 is 12.1 Å². The first-order chi connectivity index (χ1) is 10.5. The van der Waals surface area contributed by atoms with Gasteiger partial charge in [0.1, 0.15) is 23.5 Å². The Morgan fingerprint density at radius 2 is 1.65 bits per heavy atom. The van der Waals surface area contributed by atoms with Crippen LogP contribution < -0.4 is 4.74 Å². The Labute approximate surface area is 137 Å². The highest BCUT2D eigenvalue weighted by Gasteiger charge is 2.39. The summed E-state index contributed by atoms with van der Waals surface area (Å²) in [7, 11) is 0. The zero-order chi connectivity index (χ0) is 17.7. The standard InChI is InChI=1S/C17H25NO5/c1-16(2,3)23-15(21)18(17(4,5)14(19)20)11-12-22-13-9-7-6-8-10-13/h6-10H,11-12H2,1-5H3,(H,19,20). The number of hydrogen-bond acceptors (Lipinski definition) is 4. The molecule has 6 heteroatoms. The molecule has 0 aliphatic heterocycles. The smallest absolute Gasteiger partial charge is 0.411 e. The van der Waals surface area contributed by atoms with Gasteiger partial charge in [0.05, 0.1) is 6.54 Å². The predicted molar refractivity (Wildman–Crippen MR) is 86.6 cm³/mol. The van der Waals surface area contributed by atoms with Crippen LogP contribution in [-0.4, -0.2) is 46.4 Å². The molecular formula is C17H25NO5. The lowest BCUT2D eigenvalue weighted by Crippen LogP contribution is -2.55. The summed E-state index contributed by atoms with van der Waals surface area (Å²) in [6.45, 7) is 8.39. The van der Waals surface area contributed by atoms with E-state index in [0.29, 0.717) is 5.75 Å². The second-order valence-corrected chi connectivity index (χ2v) is 6.66. The number of benzene rings is 1. The number of para-hydroxylation sites is 1. The third kappa shape index (κ3) is 5.81. The number of carbonyl (C=O) groups is 2. The Bertz CT molecular complexity index is 534. The van der Waals surface area contributed by atoms with Gasteiger partial charge in [-0.15, -0.1) is 0 Å². The molecule has 0 fully saturated rings. The van der Waals surface area contributed by atoms with E-state index in [1.165, 1.54) is 18.7 Å². The van der Waals surface area contributed by atoms with E-state index in [0.717, 1.165) is 0 Å². The summed E-state index contributed by atoms with van der Waals surface area (Å²) in [5.74, 6) is -0.451. The van der Waals surface area contributed by atoms with E-state index in [4.69, 9.17) is 9.47 Å². The molecule has 1 N–H and O–H groups in total. The van der Waals surface area contributed by atoms with Crippen molar-refractivity contribution in [2.75, 3.05) is 13.2 Å². The summed E-state index contributed by atoms with van der Waals surface area (Å²) in [6, 6.07) is 9.12. The molecule has 0 aromatic heterocycles. The molecule has 1 rings (SSSR count). The molecule has 0 unspecified atom stereocenters. The van der Waals surface area contributed by atoms with E-state index in [-0.39, 0.29) is 13.2 Å². The van der Waals surface area contributed by atoms with Crippen molar-refractivity contribution >= 4 is 12.1 Å². The van der Waals surface area contributed by atoms with Crippen molar-refractivity contribution < 1.29 is 24.2 Å². The molecule has 0 aliphatic rings. The molecule has 1 aromatic carbocycles. The first-order valence-electron chi connectivity index (χ1n) is 7.46. The molecule has 0 bridgehead atoms. The van der Waals surface area contributed by atoms with Crippen molar-refractivity contribution in [1.82, 2.24) is 4.90 Å². The first-order valence-corrected chi connectivity index (χ1v) is 7.46. The fourth-order valence-corrected chi connectivity index (χ4v) is 1.80. The summed E-state index contributed by atoms with van der Waals surface area (Å²) in [4.78, 5) is 25.0. The minimum atomic E-state index is -1.40. The van der Waals surface area contributed by atoms with E-state index < -0.39 is 23.2 Å². The van der Waals surface area contributed by atoms with Gasteiger partial charge in [-0.05, 0) is 46.8 Å². The van der Waals surface area contributed by atoms with Gasteiger partial charge < -0.3 is 14.6 Å². The zero-order valence-electron chi connectivity index (χ0n) is 14.3. The third-order valence-corrected chi connectivity index (χ3v) is 3.14. The van der Waals surface area contributed by atoms with Crippen LogP contribution in [0.4, 0.5) is 4.79 Å². The largest absolute Gasteiger partial charge is 0.492 e. The SMILES string of the molecule is CC(C)(C)OC(=O)N(CCOc1ccccc1)C(C)(C)C(=O)O. The molecule has 0 atom stereocenters. The first kappa shape index (κ1) is 18.8. The van der Waals surface area contributed by atoms with Crippen LogP contribution in [0, 0.1) is 0 Å². The van der Waals surface area contributed by atoms with Crippen LogP contribution in [0.1, 0.15) is 34.6 Å². The van der Waals surface area contributed by atoms with E-state index in [2.05, 4.69) is 0 Å². The number of amides is 1. The van der Waals surface area contributed by atoms with E-state index in [9.17, 15) is 14.7 Å². The molecular weight excluding hydrogens is 298 g/mol. The summed E-state index contributed by atoms with van der Waals surface area (Å²) in [5.41, 5.74) is -2.10. The summed E-state index contributed by atoms with van der Waals surface area (Å²) < 4.78 is 10.9. The molecule has 0 saturated heterocycles. The number of ether oxygens (including phenoxy) is 2. The number of hydrogen-bond donors (Lipinski definition) is 1. The summed E-state index contributed by atoms with van der Waals surface area (Å²) in [6.07, 6.45) is -0.679. The fourth-order valence-electron chi connectivity index (χ4n) is 1.80. The molecule has 23 heavy (non-hydrogen) atoms. The fraction of sp³-hybridized carbons (Fsp3) is 0.529. The Hall–Kier alpha value is -2.24. The van der Waals surface area contributed by atoms with Crippen molar-refractivity contribution in [3.8, 4) is 5.75 Å². The molecule has 128 valence electrons. The maximum Gasteiger partial charge on any atom is 0.411 e. The second kappa shape index (κ2) is 7.35. The molecule has 6 nitrogen and oxygen atoms in total. The lowest BCUT2D eigenvalue weighted by atomic mass is 10.0. The van der Waals surface area contributed by atoms with Crippen LogP contribution in [0.15, 0.2) is 30.3 Å². The van der Waals surface area contributed by atoms with Gasteiger partial charge in [0.25, 0.3) is 0 Å². The highest BCUT2D eigenvalue weighted by molar-refractivity contribution is 5.83. The topological polar surface area (TPSA) is 76.1 Å². The van der Waals surface area contributed by atoms with Crippen molar-refractivity contribution in [2.24, 2.45) is 0 Å². The van der Waals surface area contributed by atoms with Crippen LogP contribution in [0.25, 0.3) is 0 Å². The Kier molecular flexibility index (Phi) is 6.01. The minimum Gasteiger partial charge on any atom is -0.492 e. The average Bonchev–Trinajstić information content (AvgIpc) is 2.42. The molecule has 0 saturated carbocycles. The predicted octanol–water partition coefficient (Wildman–Crippen LogP) is 3.17. The molecule has 0 heterocycles. The molecule has 0 radical (unpaired) electrons. The molecule has 1 aromatic rings. The molecule has 0 aliphatic carbocycles. The Balaban J connectivity index is 2.79. The summed E-state index contributed by atoms with van der Waals surface area (Å²) >= 11 is 0. The van der Waals surface area contributed by atoms with Crippen molar-refractivity contribution in [1.29, 1.82) is 0 Å². The quantitative estimate of drug-likeness (QED) is 0.870. The number of aliphatic carboxylic acids is 1.